The molecule has 0 bridgehead atoms. The molecule has 4 nitrogen and oxygen atoms in total. The van der Waals surface area contributed by atoms with Crippen LogP contribution >= 0.6 is 11.8 Å². The Morgan fingerprint density at radius 1 is 1.62 bits per heavy atom. The first-order valence-electron chi connectivity index (χ1n) is 5.50. The lowest BCUT2D eigenvalue weighted by molar-refractivity contribution is 0.0596. The summed E-state index contributed by atoms with van der Waals surface area (Å²) in [6.07, 6.45) is 1.70. The van der Waals surface area contributed by atoms with Crippen LogP contribution in [0.4, 0.5) is 0 Å². The van der Waals surface area contributed by atoms with Gasteiger partial charge in [0, 0.05) is 13.6 Å². The molecule has 0 aromatic carbocycles. The minimum Gasteiger partial charge on any atom is -0.389 e. The first kappa shape index (κ1) is 13.5. The molecule has 0 aliphatic carbocycles. The lowest BCUT2D eigenvalue weighted by atomic mass is 10.0. The predicted molar refractivity (Wildman–Crippen MR) is 67.6 cm³/mol. The van der Waals surface area contributed by atoms with Crippen LogP contribution in [0.2, 0.25) is 0 Å². The molecule has 16 heavy (non-hydrogen) atoms. The fraction of sp³-hybridized carbons (Fsp3) is 0.727. The number of hydrogen-bond donors (Lipinski definition) is 2. The Balaban J connectivity index is 2.29. The Kier molecular flexibility index (Phi) is 4.83. The molecule has 0 saturated carbocycles. The van der Waals surface area contributed by atoms with Crippen LogP contribution in [0.1, 0.15) is 25.5 Å². The van der Waals surface area contributed by atoms with Gasteiger partial charge in [0.2, 0.25) is 0 Å². The molecular weight excluding hydrogens is 222 g/mol. The van der Waals surface area contributed by atoms with Crippen molar-refractivity contribution in [2.24, 2.45) is 12.8 Å². The molecule has 1 aromatic rings. The van der Waals surface area contributed by atoms with Crippen LogP contribution in [-0.4, -0.2) is 32.8 Å². The van der Waals surface area contributed by atoms with E-state index in [0.29, 0.717) is 6.54 Å². The van der Waals surface area contributed by atoms with Crippen molar-refractivity contribution < 1.29 is 5.11 Å². The summed E-state index contributed by atoms with van der Waals surface area (Å²) in [5.41, 5.74) is 5.78. The van der Waals surface area contributed by atoms with E-state index in [9.17, 15) is 5.11 Å². The summed E-state index contributed by atoms with van der Waals surface area (Å²) in [6, 6.07) is 2.08. The molecule has 0 amide bonds. The zero-order valence-electron chi connectivity index (χ0n) is 10.2. The van der Waals surface area contributed by atoms with Crippen LogP contribution < -0.4 is 5.73 Å². The van der Waals surface area contributed by atoms with Gasteiger partial charge < -0.3 is 10.8 Å². The van der Waals surface area contributed by atoms with Crippen LogP contribution in [0.3, 0.4) is 0 Å². The number of thioether (sulfide) groups is 1. The summed E-state index contributed by atoms with van der Waals surface area (Å²) in [5.74, 6) is 0.981. The molecule has 1 aromatic heterocycles. The predicted octanol–water partition coefficient (Wildman–Crippen LogP) is 1.31. The second kappa shape index (κ2) is 5.70. The number of nitrogens with two attached hydrogens (primary N) is 1. The van der Waals surface area contributed by atoms with E-state index < -0.39 is 5.60 Å². The molecule has 5 heteroatoms. The van der Waals surface area contributed by atoms with Crippen molar-refractivity contribution in [3.8, 4) is 0 Å². The molecular formula is C11H21N3OS. The van der Waals surface area contributed by atoms with Crippen molar-refractivity contribution in [2.75, 3.05) is 12.3 Å². The van der Waals surface area contributed by atoms with Gasteiger partial charge in [-0.2, -0.15) is 5.10 Å². The van der Waals surface area contributed by atoms with Gasteiger partial charge in [-0.25, -0.2) is 0 Å². The fourth-order valence-corrected chi connectivity index (χ4v) is 2.43. The summed E-state index contributed by atoms with van der Waals surface area (Å²) in [7, 11) is 1.95. The molecule has 3 N–H and O–H groups in total. The van der Waals surface area contributed by atoms with Crippen LogP contribution in [0.25, 0.3) is 0 Å². The second-order valence-corrected chi connectivity index (χ2v) is 5.52. The molecule has 0 spiro atoms. The average Bonchev–Trinajstić information content (AvgIpc) is 2.52. The van der Waals surface area contributed by atoms with Gasteiger partial charge in [0.25, 0.3) is 0 Å². The molecule has 1 heterocycles. The molecule has 0 radical (unpaired) electrons. The minimum atomic E-state index is -0.719. The summed E-state index contributed by atoms with van der Waals surface area (Å²) in [4.78, 5) is 0. The smallest absolute Gasteiger partial charge is 0.0939 e. The van der Waals surface area contributed by atoms with Crippen molar-refractivity contribution >= 4 is 11.8 Å². The molecule has 0 fully saturated rings. The minimum absolute atomic E-state index is 0.322. The highest BCUT2D eigenvalue weighted by Gasteiger charge is 2.16. The summed E-state index contributed by atoms with van der Waals surface area (Å²) in [5, 5.41) is 15.2. The van der Waals surface area contributed by atoms with Crippen LogP contribution in [0, 0.1) is 6.92 Å². The third kappa shape index (κ3) is 4.15. The van der Waals surface area contributed by atoms with E-state index in [1.165, 1.54) is 5.03 Å². The molecule has 1 unspecified atom stereocenters. The maximum atomic E-state index is 9.73. The largest absolute Gasteiger partial charge is 0.389 e. The highest BCUT2D eigenvalue weighted by Crippen LogP contribution is 2.21. The number of nitrogens with zero attached hydrogens (tertiary/aromatic N) is 2. The quantitative estimate of drug-likeness (QED) is 0.584. The van der Waals surface area contributed by atoms with Crippen molar-refractivity contribution in [2.45, 2.75) is 37.3 Å². The monoisotopic (exact) mass is 243 g/mol. The van der Waals surface area contributed by atoms with Crippen molar-refractivity contribution in [3.63, 3.8) is 0 Å². The lowest BCUT2D eigenvalue weighted by Gasteiger charge is -2.20. The van der Waals surface area contributed by atoms with Gasteiger partial charge in [-0.1, -0.05) is 0 Å². The molecule has 0 saturated heterocycles. The molecule has 0 aliphatic rings. The number of rotatable bonds is 6. The third-order valence-electron chi connectivity index (χ3n) is 2.51. The lowest BCUT2D eigenvalue weighted by Crippen LogP contribution is -2.34. The van der Waals surface area contributed by atoms with Gasteiger partial charge in [0.05, 0.1) is 16.3 Å². The Hall–Kier alpha value is -0.520. The Labute approximate surface area is 101 Å². The highest BCUT2D eigenvalue weighted by atomic mass is 32.2. The topological polar surface area (TPSA) is 64.1 Å². The Bertz CT molecular complexity index is 336. The molecule has 92 valence electrons. The van der Waals surface area contributed by atoms with Crippen LogP contribution in [0.15, 0.2) is 11.1 Å². The molecule has 0 aliphatic heterocycles. The van der Waals surface area contributed by atoms with E-state index in [4.69, 9.17) is 5.73 Å². The van der Waals surface area contributed by atoms with E-state index in [0.717, 1.165) is 24.3 Å². The van der Waals surface area contributed by atoms with Gasteiger partial charge in [-0.15, -0.1) is 11.8 Å². The van der Waals surface area contributed by atoms with E-state index in [2.05, 4.69) is 11.2 Å². The third-order valence-corrected chi connectivity index (χ3v) is 3.68. The SMILES string of the molecule is Cc1cc(SCCCC(C)(O)CN)n(C)n1. The number of hydrogen-bond acceptors (Lipinski definition) is 4. The Morgan fingerprint density at radius 3 is 2.81 bits per heavy atom. The first-order chi connectivity index (χ1) is 7.44. The van der Waals surface area contributed by atoms with Crippen molar-refractivity contribution in [1.29, 1.82) is 0 Å². The van der Waals surface area contributed by atoms with Gasteiger partial charge in [0.1, 0.15) is 0 Å². The Morgan fingerprint density at radius 2 is 2.31 bits per heavy atom. The zero-order chi connectivity index (χ0) is 12.2. The van der Waals surface area contributed by atoms with Crippen molar-refractivity contribution in [3.05, 3.63) is 11.8 Å². The van der Waals surface area contributed by atoms with E-state index in [-0.39, 0.29) is 0 Å². The highest BCUT2D eigenvalue weighted by molar-refractivity contribution is 7.99. The number of aryl methyl sites for hydroxylation is 2. The molecule has 1 rings (SSSR count). The van der Waals surface area contributed by atoms with E-state index in [1.54, 1.807) is 18.7 Å². The summed E-state index contributed by atoms with van der Waals surface area (Å²) >= 11 is 1.77. The first-order valence-corrected chi connectivity index (χ1v) is 6.49. The summed E-state index contributed by atoms with van der Waals surface area (Å²) in [6.45, 7) is 4.09. The fourth-order valence-electron chi connectivity index (χ4n) is 1.45. The number of aliphatic hydroxyl groups is 1. The standard InChI is InChI=1S/C11H21N3OS/c1-9-7-10(14(3)13-9)16-6-4-5-11(2,15)8-12/h7,15H,4-6,8,12H2,1-3H3. The second-order valence-electron chi connectivity index (χ2n) is 4.40. The van der Waals surface area contributed by atoms with Gasteiger partial charge in [-0.3, -0.25) is 4.68 Å². The maximum Gasteiger partial charge on any atom is 0.0939 e. The maximum absolute atomic E-state index is 9.73. The van der Waals surface area contributed by atoms with E-state index in [1.807, 2.05) is 18.7 Å². The van der Waals surface area contributed by atoms with Crippen molar-refractivity contribution in [1.82, 2.24) is 9.78 Å². The number of aromatic nitrogens is 2. The van der Waals surface area contributed by atoms with Crippen LogP contribution in [0.5, 0.6) is 0 Å². The van der Waals surface area contributed by atoms with Crippen LogP contribution in [-0.2, 0) is 7.05 Å². The summed E-state index contributed by atoms with van der Waals surface area (Å²) < 4.78 is 1.89. The van der Waals surface area contributed by atoms with Gasteiger partial charge >= 0.3 is 0 Å². The molecule has 1 atom stereocenters. The zero-order valence-corrected chi connectivity index (χ0v) is 11.0. The van der Waals surface area contributed by atoms with Gasteiger partial charge in [0.15, 0.2) is 0 Å². The normalized spacial score (nSPS) is 15.1. The van der Waals surface area contributed by atoms with E-state index >= 15 is 0 Å². The average molecular weight is 243 g/mol. The van der Waals surface area contributed by atoms with Gasteiger partial charge in [-0.05, 0) is 38.5 Å².